The SMILES string of the molecule is CCC(C)CC(C)(C)C.O=C1OC(=O)c2ccccc21.OCCOCCOCCO. The molecule has 0 saturated carbocycles. The summed E-state index contributed by atoms with van der Waals surface area (Å²) in [6, 6.07) is 6.53. The minimum absolute atomic E-state index is 0.0417. The van der Waals surface area contributed by atoms with Gasteiger partial charge in [-0.05, 0) is 29.9 Å². The molecule has 1 heterocycles. The van der Waals surface area contributed by atoms with Crippen LogP contribution in [-0.2, 0) is 14.2 Å². The van der Waals surface area contributed by atoms with E-state index in [9.17, 15) is 9.59 Å². The highest BCUT2D eigenvalue weighted by Gasteiger charge is 2.28. The van der Waals surface area contributed by atoms with Crippen molar-refractivity contribution in [3.8, 4) is 0 Å². The summed E-state index contributed by atoms with van der Waals surface area (Å²) in [5, 5.41) is 16.5. The van der Waals surface area contributed by atoms with E-state index in [1.807, 2.05) is 0 Å². The van der Waals surface area contributed by atoms with Gasteiger partial charge in [-0.25, -0.2) is 9.59 Å². The molecule has 1 aliphatic heterocycles. The van der Waals surface area contributed by atoms with E-state index in [2.05, 4.69) is 39.4 Å². The van der Waals surface area contributed by atoms with Crippen LogP contribution >= 0.6 is 0 Å². The van der Waals surface area contributed by atoms with E-state index in [1.165, 1.54) is 12.8 Å². The molecule has 0 aromatic heterocycles. The third-order valence-corrected chi connectivity index (χ3v) is 4.05. The molecule has 2 rings (SSSR count). The first-order chi connectivity index (χ1) is 14.2. The first-order valence-electron chi connectivity index (χ1n) is 10.4. The first-order valence-corrected chi connectivity index (χ1v) is 10.4. The Morgan fingerprint density at radius 1 is 0.900 bits per heavy atom. The lowest BCUT2D eigenvalue weighted by Crippen LogP contribution is -2.09. The van der Waals surface area contributed by atoms with Crippen molar-refractivity contribution in [3.05, 3.63) is 35.4 Å². The molecule has 2 N–H and O–H groups in total. The fourth-order valence-electron chi connectivity index (χ4n) is 2.67. The molecule has 1 aliphatic rings. The topological polar surface area (TPSA) is 102 Å². The molecule has 0 radical (unpaired) electrons. The minimum atomic E-state index is -0.550. The number of benzene rings is 1. The lowest BCUT2D eigenvalue weighted by Gasteiger charge is -2.21. The maximum atomic E-state index is 10.8. The van der Waals surface area contributed by atoms with E-state index in [4.69, 9.17) is 19.7 Å². The van der Waals surface area contributed by atoms with Crippen molar-refractivity contribution in [2.45, 2.75) is 47.5 Å². The molecule has 0 amide bonds. The number of aliphatic hydroxyl groups excluding tert-OH is 2. The molecule has 0 bridgehead atoms. The summed E-state index contributed by atoms with van der Waals surface area (Å²) in [6.45, 7) is 13.2. The fourth-order valence-corrected chi connectivity index (χ4v) is 2.67. The largest absolute Gasteiger partial charge is 0.394 e. The van der Waals surface area contributed by atoms with Crippen LogP contribution in [0.3, 0.4) is 0 Å². The van der Waals surface area contributed by atoms with Gasteiger partial charge in [0.15, 0.2) is 0 Å². The Labute approximate surface area is 180 Å². The number of rotatable bonds is 9. The zero-order valence-corrected chi connectivity index (χ0v) is 19.0. The first kappa shape index (κ1) is 28.2. The van der Waals surface area contributed by atoms with Crippen LogP contribution < -0.4 is 0 Å². The molecule has 1 unspecified atom stereocenters. The molecule has 0 saturated heterocycles. The number of fused-ring (bicyclic) bond motifs is 1. The Balaban J connectivity index is 0.000000424. The number of esters is 2. The van der Waals surface area contributed by atoms with Crippen LogP contribution in [0.2, 0.25) is 0 Å². The van der Waals surface area contributed by atoms with Crippen molar-refractivity contribution in [1.82, 2.24) is 0 Å². The van der Waals surface area contributed by atoms with Crippen LogP contribution in [0.4, 0.5) is 0 Å². The standard InChI is InChI=1S/C9H20.C8H4O3.C6H14O4/c1-6-8(2)7-9(3,4)5;9-7-5-3-1-2-4-6(5)8(10)11-7;7-1-3-9-5-6-10-4-2-8/h8H,6-7H2,1-5H3;1-4H;7-8H,1-6H2. The van der Waals surface area contributed by atoms with E-state index in [0.717, 1.165) is 5.92 Å². The molecule has 7 heteroatoms. The zero-order chi connectivity index (χ0) is 23.0. The summed E-state index contributed by atoms with van der Waals surface area (Å²) in [5.74, 6) is -0.207. The average Bonchev–Trinajstić information content (AvgIpc) is 2.99. The van der Waals surface area contributed by atoms with Crippen molar-refractivity contribution in [3.63, 3.8) is 0 Å². The van der Waals surface area contributed by atoms with E-state index < -0.39 is 11.9 Å². The quantitative estimate of drug-likeness (QED) is 0.354. The molecular formula is C23H38O7. The summed E-state index contributed by atoms with van der Waals surface area (Å²) < 4.78 is 14.1. The third kappa shape index (κ3) is 13.4. The molecule has 30 heavy (non-hydrogen) atoms. The molecule has 0 spiro atoms. The molecular weight excluding hydrogens is 388 g/mol. The van der Waals surface area contributed by atoms with E-state index in [1.54, 1.807) is 24.3 Å². The molecule has 7 nitrogen and oxygen atoms in total. The van der Waals surface area contributed by atoms with Crippen molar-refractivity contribution >= 4 is 11.9 Å². The number of hydrogen-bond acceptors (Lipinski definition) is 7. The smallest absolute Gasteiger partial charge is 0.346 e. The van der Waals surface area contributed by atoms with Crippen LogP contribution in [0.25, 0.3) is 0 Å². The highest BCUT2D eigenvalue weighted by Crippen LogP contribution is 2.25. The Morgan fingerprint density at radius 3 is 1.63 bits per heavy atom. The van der Waals surface area contributed by atoms with E-state index in [0.29, 0.717) is 43.0 Å². The van der Waals surface area contributed by atoms with Crippen LogP contribution in [0.15, 0.2) is 24.3 Å². The van der Waals surface area contributed by atoms with Crippen LogP contribution in [-0.4, -0.2) is 61.8 Å². The van der Waals surface area contributed by atoms with E-state index >= 15 is 0 Å². The number of carbonyl (C=O) groups is 2. The molecule has 0 fully saturated rings. The second-order valence-electron chi connectivity index (χ2n) is 8.17. The fraction of sp³-hybridized carbons (Fsp3) is 0.652. The van der Waals surface area contributed by atoms with Crippen molar-refractivity contribution in [2.24, 2.45) is 11.3 Å². The maximum Gasteiger partial charge on any atom is 0.346 e. The van der Waals surface area contributed by atoms with Crippen molar-refractivity contribution in [1.29, 1.82) is 0 Å². The van der Waals surface area contributed by atoms with Gasteiger partial charge < -0.3 is 24.4 Å². The Morgan fingerprint density at radius 2 is 1.33 bits per heavy atom. The number of cyclic esters (lactones) is 2. The number of hydrogen-bond donors (Lipinski definition) is 2. The Kier molecular flexibility index (Phi) is 15.0. The van der Waals surface area contributed by atoms with Gasteiger partial charge in [0.25, 0.3) is 0 Å². The van der Waals surface area contributed by atoms with Gasteiger partial charge in [-0.2, -0.15) is 0 Å². The monoisotopic (exact) mass is 426 g/mol. The van der Waals surface area contributed by atoms with Gasteiger partial charge in [0.1, 0.15) is 0 Å². The summed E-state index contributed by atoms with van der Waals surface area (Å²) in [7, 11) is 0. The van der Waals surface area contributed by atoms with Crippen molar-refractivity contribution in [2.75, 3.05) is 39.6 Å². The van der Waals surface area contributed by atoms with Crippen LogP contribution in [0.1, 0.15) is 68.2 Å². The van der Waals surface area contributed by atoms with Gasteiger partial charge >= 0.3 is 11.9 Å². The third-order valence-electron chi connectivity index (χ3n) is 4.05. The normalized spacial score (nSPS) is 13.4. The van der Waals surface area contributed by atoms with Gasteiger partial charge in [-0.3, -0.25) is 0 Å². The summed E-state index contributed by atoms with van der Waals surface area (Å²) in [4.78, 5) is 21.7. The molecule has 1 atom stereocenters. The second-order valence-corrected chi connectivity index (χ2v) is 8.17. The zero-order valence-electron chi connectivity index (χ0n) is 19.0. The van der Waals surface area contributed by atoms with Gasteiger partial charge in [0.2, 0.25) is 0 Å². The average molecular weight is 427 g/mol. The second kappa shape index (κ2) is 16.0. The number of aliphatic hydroxyl groups is 2. The van der Waals surface area contributed by atoms with Gasteiger partial charge in [0, 0.05) is 0 Å². The highest BCUT2D eigenvalue weighted by atomic mass is 16.6. The highest BCUT2D eigenvalue weighted by molar-refractivity contribution is 6.14. The Bertz CT molecular complexity index is 567. The maximum absolute atomic E-state index is 10.8. The predicted molar refractivity (Wildman–Crippen MR) is 116 cm³/mol. The molecule has 172 valence electrons. The summed E-state index contributed by atoms with van der Waals surface area (Å²) >= 11 is 0. The molecule has 0 aliphatic carbocycles. The lowest BCUT2D eigenvalue weighted by molar-refractivity contribution is 0.0222. The predicted octanol–water partition coefficient (Wildman–Crippen LogP) is 3.47. The molecule has 1 aromatic carbocycles. The van der Waals surface area contributed by atoms with Gasteiger partial charge in [-0.1, -0.05) is 53.2 Å². The Hall–Kier alpha value is -1.80. The number of ether oxygens (including phenoxy) is 3. The minimum Gasteiger partial charge on any atom is -0.394 e. The van der Waals surface area contributed by atoms with Gasteiger partial charge in [-0.15, -0.1) is 0 Å². The van der Waals surface area contributed by atoms with Crippen LogP contribution in [0, 0.1) is 11.3 Å². The summed E-state index contributed by atoms with van der Waals surface area (Å²) in [5.41, 5.74) is 1.24. The van der Waals surface area contributed by atoms with E-state index in [-0.39, 0.29) is 13.2 Å². The lowest BCUT2D eigenvalue weighted by atomic mass is 9.84. The van der Waals surface area contributed by atoms with Gasteiger partial charge in [0.05, 0.1) is 50.8 Å². The van der Waals surface area contributed by atoms with Crippen LogP contribution in [0.5, 0.6) is 0 Å². The molecule has 1 aromatic rings. The van der Waals surface area contributed by atoms with Crippen molar-refractivity contribution < 1.29 is 34.0 Å². The number of carbonyl (C=O) groups excluding carboxylic acids is 2. The summed E-state index contributed by atoms with van der Waals surface area (Å²) in [6.07, 6.45) is 2.67.